The number of carbonyl (C=O) groups is 2. The van der Waals surface area contributed by atoms with Gasteiger partial charge in [0, 0.05) is 6.04 Å². The van der Waals surface area contributed by atoms with E-state index in [0.717, 1.165) is 0 Å². The van der Waals surface area contributed by atoms with Gasteiger partial charge < -0.3 is 20.3 Å². The molecule has 6 heteroatoms. The second-order valence-corrected chi connectivity index (χ2v) is 6.74. The molecule has 0 heterocycles. The van der Waals surface area contributed by atoms with Gasteiger partial charge in [-0.25, -0.2) is 0 Å². The number of rotatable bonds is 8. The number of hydrogen-bond donors (Lipinski definition) is 2. The average molecular weight is 349 g/mol. The van der Waals surface area contributed by atoms with Crippen LogP contribution in [0.15, 0.2) is 43.0 Å². The van der Waals surface area contributed by atoms with Gasteiger partial charge in [0.05, 0.1) is 12.5 Å². The van der Waals surface area contributed by atoms with Gasteiger partial charge in [0.2, 0.25) is 0 Å². The van der Waals surface area contributed by atoms with E-state index in [1.807, 2.05) is 6.07 Å². The third-order valence-corrected chi connectivity index (χ3v) is 3.40. The van der Waals surface area contributed by atoms with E-state index in [9.17, 15) is 14.7 Å². The number of benzene rings is 1. The minimum Gasteiger partial charge on any atom is -0.461 e. The third kappa shape index (κ3) is 7.07. The Balaban J connectivity index is 2.99. The first-order valence-electron chi connectivity index (χ1n) is 8.13. The van der Waals surface area contributed by atoms with Crippen LogP contribution in [0.2, 0.25) is 0 Å². The van der Waals surface area contributed by atoms with Crippen LogP contribution >= 0.6 is 0 Å². The summed E-state index contributed by atoms with van der Waals surface area (Å²) < 4.78 is 10.2. The van der Waals surface area contributed by atoms with Gasteiger partial charge in [-0.15, -0.1) is 0 Å². The second-order valence-electron chi connectivity index (χ2n) is 6.74. The maximum absolute atomic E-state index is 12.6. The van der Waals surface area contributed by atoms with E-state index in [2.05, 4.69) is 6.58 Å². The molecule has 3 unspecified atom stereocenters. The number of ether oxygens (including phenoxy) is 2. The Kier molecular flexibility index (Phi) is 7.80. The van der Waals surface area contributed by atoms with Crippen molar-refractivity contribution in [2.45, 2.75) is 44.9 Å². The molecule has 0 amide bonds. The summed E-state index contributed by atoms with van der Waals surface area (Å²) in [4.78, 5) is 24.3. The minimum atomic E-state index is -1.33. The zero-order chi connectivity index (χ0) is 19.0. The van der Waals surface area contributed by atoms with Crippen LogP contribution in [0.3, 0.4) is 0 Å². The molecule has 3 N–H and O–H groups in total. The summed E-state index contributed by atoms with van der Waals surface area (Å²) in [7, 11) is 0. The van der Waals surface area contributed by atoms with E-state index in [0.29, 0.717) is 5.56 Å². The summed E-state index contributed by atoms with van der Waals surface area (Å²) in [5, 5.41) is 10.5. The van der Waals surface area contributed by atoms with Crippen LogP contribution in [0.1, 0.15) is 38.8 Å². The monoisotopic (exact) mass is 349 g/mol. The summed E-state index contributed by atoms with van der Waals surface area (Å²) in [5.41, 5.74) is 6.13. The van der Waals surface area contributed by atoms with E-state index in [1.165, 1.54) is 6.08 Å². The fraction of sp³-hybridized carbons (Fsp3) is 0.474. The largest absolute Gasteiger partial charge is 0.461 e. The molecular formula is C19H27NO5. The Hall–Kier alpha value is -2.18. The Labute approximate surface area is 148 Å². The molecule has 0 aliphatic heterocycles. The molecule has 0 saturated carbocycles. The SMILES string of the molecule is C=CCOC(=O)CC(O)C(C(=O)OC(C)(C)C)C(N)c1ccccc1. The van der Waals surface area contributed by atoms with E-state index >= 15 is 0 Å². The van der Waals surface area contributed by atoms with Crippen LogP contribution in [-0.4, -0.2) is 35.4 Å². The molecule has 0 bridgehead atoms. The van der Waals surface area contributed by atoms with Crippen LogP contribution in [0.4, 0.5) is 0 Å². The molecule has 0 saturated heterocycles. The second kappa shape index (κ2) is 9.34. The predicted octanol–water partition coefficient (Wildman–Crippen LogP) is 2.12. The zero-order valence-electron chi connectivity index (χ0n) is 15.0. The maximum Gasteiger partial charge on any atom is 0.314 e. The van der Waals surface area contributed by atoms with Gasteiger partial charge in [-0.05, 0) is 26.3 Å². The maximum atomic E-state index is 12.6. The van der Waals surface area contributed by atoms with E-state index in [4.69, 9.17) is 15.2 Å². The summed E-state index contributed by atoms with van der Waals surface area (Å²) in [6.07, 6.45) is -0.272. The van der Waals surface area contributed by atoms with Crippen molar-refractivity contribution in [1.29, 1.82) is 0 Å². The fourth-order valence-electron chi connectivity index (χ4n) is 2.30. The molecule has 138 valence electrons. The molecule has 0 fully saturated rings. The normalized spacial score (nSPS) is 14.9. The summed E-state index contributed by atoms with van der Waals surface area (Å²) in [6.45, 7) is 8.65. The van der Waals surface area contributed by atoms with Crippen LogP contribution < -0.4 is 5.73 Å². The molecule has 25 heavy (non-hydrogen) atoms. The Morgan fingerprint density at radius 2 is 1.88 bits per heavy atom. The Morgan fingerprint density at radius 3 is 2.40 bits per heavy atom. The lowest BCUT2D eigenvalue weighted by atomic mass is 9.87. The first-order chi connectivity index (χ1) is 11.7. The van der Waals surface area contributed by atoms with Gasteiger partial charge in [0.25, 0.3) is 0 Å². The first kappa shape index (κ1) is 20.9. The molecule has 0 aromatic heterocycles. The summed E-state index contributed by atoms with van der Waals surface area (Å²) >= 11 is 0. The van der Waals surface area contributed by atoms with Crippen molar-refractivity contribution in [3.8, 4) is 0 Å². The van der Waals surface area contributed by atoms with Crippen LogP contribution in [0.5, 0.6) is 0 Å². The lowest BCUT2D eigenvalue weighted by molar-refractivity contribution is -0.166. The van der Waals surface area contributed by atoms with Crippen molar-refractivity contribution in [2.24, 2.45) is 11.7 Å². The van der Waals surface area contributed by atoms with Crippen molar-refractivity contribution in [3.63, 3.8) is 0 Å². The Morgan fingerprint density at radius 1 is 1.28 bits per heavy atom. The Bertz CT molecular complexity index is 579. The number of esters is 2. The van der Waals surface area contributed by atoms with E-state index in [1.54, 1.807) is 45.0 Å². The molecule has 6 nitrogen and oxygen atoms in total. The third-order valence-electron chi connectivity index (χ3n) is 3.40. The highest BCUT2D eigenvalue weighted by Gasteiger charge is 2.38. The molecule has 0 spiro atoms. The number of aliphatic hydroxyl groups excluding tert-OH is 1. The van der Waals surface area contributed by atoms with E-state index < -0.39 is 35.6 Å². The number of aliphatic hydroxyl groups is 1. The van der Waals surface area contributed by atoms with Gasteiger partial charge in [-0.3, -0.25) is 9.59 Å². The molecule has 0 radical (unpaired) electrons. The number of hydrogen-bond acceptors (Lipinski definition) is 6. The first-order valence-corrected chi connectivity index (χ1v) is 8.13. The van der Waals surface area contributed by atoms with Crippen LogP contribution in [0.25, 0.3) is 0 Å². The standard InChI is InChI=1S/C19H27NO5/c1-5-11-24-15(22)12-14(21)16(18(23)25-19(2,3)4)17(20)13-9-7-6-8-10-13/h5-10,14,16-17,21H,1,11-12,20H2,2-4H3. The highest BCUT2D eigenvalue weighted by molar-refractivity contribution is 5.77. The van der Waals surface area contributed by atoms with Gasteiger partial charge in [0.15, 0.2) is 0 Å². The molecule has 3 atom stereocenters. The van der Waals surface area contributed by atoms with Gasteiger partial charge in [-0.2, -0.15) is 0 Å². The minimum absolute atomic E-state index is 0.0351. The smallest absolute Gasteiger partial charge is 0.314 e. The molecule has 1 aromatic rings. The predicted molar refractivity (Wildman–Crippen MR) is 94.5 cm³/mol. The molecule has 1 rings (SSSR count). The quantitative estimate of drug-likeness (QED) is 0.551. The molecule has 1 aromatic carbocycles. The van der Waals surface area contributed by atoms with Crippen molar-refractivity contribution < 1.29 is 24.2 Å². The van der Waals surface area contributed by atoms with Crippen molar-refractivity contribution in [1.82, 2.24) is 0 Å². The molecule has 0 aliphatic carbocycles. The molecule has 0 aliphatic rings. The summed E-state index contributed by atoms with van der Waals surface area (Å²) in [5.74, 6) is -2.40. The molecular weight excluding hydrogens is 322 g/mol. The zero-order valence-corrected chi connectivity index (χ0v) is 15.0. The summed E-state index contributed by atoms with van der Waals surface area (Å²) in [6, 6.07) is 8.08. The van der Waals surface area contributed by atoms with Gasteiger partial charge >= 0.3 is 11.9 Å². The van der Waals surface area contributed by atoms with E-state index in [-0.39, 0.29) is 13.0 Å². The lowest BCUT2D eigenvalue weighted by Crippen LogP contribution is -2.42. The van der Waals surface area contributed by atoms with Crippen LogP contribution in [-0.2, 0) is 19.1 Å². The highest BCUT2D eigenvalue weighted by atomic mass is 16.6. The topological polar surface area (TPSA) is 98.8 Å². The average Bonchev–Trinajstić information content (AvgIpc) is 2.52. The van der Waals surface area contributed by atoms with Crippen molar-refractivity contribution >= 4 is 11.9 Å². The van der Waals surface area contributed by atoms with Crippen molar-refractivity contribution in [2.75, 3.05) is 6.61 Å². The van der Waals surface area contributed by atoms with Crippen LogP contribution in [0, 0.1) is 5.92 Å². The van der Waals surface area contributed by atoms with Gasteiger partial charge in [-0.1, -0.05) is 43.0 Å². The fourth-order valence-corrected chi connectivity index (χ4v) is 2.30. The lowest BCUT2D eigenvalue weighted by Gasteiger charge is -2.30. The highest BCUT2D eigenvalue weighted by Crippen LogP contribution is 2.27. The van der Waals surface area contributed by atoms with Gasteiger partial charge in [0.1, 0.15) is 18.1 Å². The van der Waals surface area contributed by atoms with Crippen molar-refractivity contribution in [3.05, 3.63) is 48.6 Å². The number of nitrogens with two attached hydrogens (primary N) is 1. The number of carbonyl (C=O) groups excluding carboxylic acids is 2.